The first-order chi connectivity index (χ1) is 8.15. The summed E-state index contributed by atoms with van der Waals surface area (Å²) < 4.78 is 0. The van der Waals surface area contributed by atoms with Crippen molar-refractivity contribution >= 4 is 5.91 Å². The number of rotatable bonds is 3. The first kappa shape index (κ1) is 12.0. The Kier molecular flexibility index (Phi) is 3.42. The van der Waals surface area contributed by atoms with E-state index in [1.165, 1.54) is 6.20 Å². The van der Waals surface area contributed by atoms with Crippen molar-refractivity contribution in [3.63, 3.8) is 0 Å². The summed E-state index contributed by atoms with van der Waals surface area (Å²) in [6, 6.07) is 0. The SMILES string of the molecule is CC1CCCC(CO)(NC(=O)c2cn[nH]n2)C1. The van der Waals surface area contributed by atoms with Gasteiger partial charge >= 0.3 is 0 Å². The van der Waals surface area contributed by atoms with Gasteiger partial charge in [0.25, 0.3) is 5.91 Å². The molecule has 0 saturated heterocycles. The number of aromatic nitrogens is 3. The van der Waals surface area contributed by atoms with E-state index in [4.69, 9.17) is 0 Å². The summed E-state index contributed by atoms with van der Waals surface area (Å²) in [5.74, 6) is 0.246. The molecule has 0 aliphatic heterocycles. The molecule has 2 unspecified atom stereocenters. The van der Waals surface area contributed by atoms with E-state index < -0.39 is 5.54 Å². The van der Waals surface area contributed by atoms with E-state index in [0.29, 0.717) is 5.92 Å². The van der Waals surface area contributed by atoms with Crippen molar-refractivity contribution in [2.75, 3.05) is 6.61 Å². The third-order valence-corrected chi connectivity index (χ3v) is 3.42. The van der Waals surface area contributed by atoms with Crippen molar-refractivity contribution in [3.8, 4) is 0 Å². The quantitative estimate of drug-likeness (QED) is 0.714. The summed E-state index contributed by atoms with van der Waals surface area (Å²) in [5.41, 5.74) is -0.232. The molecule has 1 aliphatic carbocycles. The summed E-state index contributed by atoms with van der Waals surface area (Å²) in [5, 5.41) is 22.2. The van der Waals surface area contributed by atoms with Crippen LogP contribution in [-0.4, -0.2) is 38.6 Å². The van der Waals surface area contributed by atoms with Crippen molar-refractivity contribution in [1.29, 1.82) is 0 Å². The fraction of sp³-hybridized carbons (Fsp3) is 0.727. The smallest absolute Gasteiger partial charge is 0.273 e. The van der Waals surface area contributed by atoms with Crippen molar-refractivity contribution in [1.82, 2.24) is 20.7 Å². The van der Waals surface area contributed by atoms with Gasteiger partial charge in [-0.05, 0) is 18.8 Å². The molecule has 17 heavy (non-hydrogen) atoms. The molecule has 1 aliphatic rings. The standard InChI is InChI=1S/C11H18N4O2/c1-8-3-2-4-11(5-8,7-16)13-10(17)9-6-12-15-14-9/h6,8,16H,2-5,7H2,1H3,(H,13,17)(H,12,14,15). The molecule has 0 aromatic carbocycles. The van der Waals surface area contributed by atoms with Crippen LogP contribution in [-0.2, 0) is 0 Å². The number of aromatic amines is 1. The molecule has 1 amide bonds. The lowest BCUT2D eigenvalue weighted by Crippen LogP contribution is -2.53. The highest BCUT2D eigenvalue weighted by Crippen LogP contribution is 2.32. The van der Waals surface area contributed by atoms with Crippen LogP contribution >= 0.6 is 0 Å². The zero-order valence-corrected chi connectivity index (χ0v) is 9.94. The van der Waals surface area contributed by atoms with E-state index in [1.54, 1.807) is 0 Å². The van der Waals surface area contributed by atoms with Gasteiger partial charge in [-0.15, -0.1) is 0 Å². The molecule has 2 atom stereocenters. The second kappa shape index (κ2) is 4.83. The highest BCUT2D eigenvalue weighted by atomic mass is 16.3. The second-order valence-electron chi connectivity index (χ2n) is 4.95. The number of H-pyrrole nitrogens is 1. The summed E-state index contributed by atoms with van der Waals surface area (Å²) in [7, 11) is 0. The van der Waals surface area contributed by atoms with Crippen LogP contribution in [0, 0.1) is 5.92 Å². The van der Waals surface area contributed by atoms with E-state index in [-0.39, 0.29) is 18.2 Å². The summed E-state index contributed by atoms with van der Waals surface area (Å²) in [6.07, 6.45) is 5.19. The number of hydrogen-bond acceptors (Lipinski definition) is 4. The van der Waals surface area contributed by atoms with Gasteiger partial charge in [0.15, 0.2) is 5.69 Å². The third-order valence-electron chi connectivity index (χ3n) is 3.42. The number of amides is 1. The molecule has 0 radical (unpaired) electrons. The Labute approximate surface area is 99.8 Å². The Morgan fingerprint density at radius 1 is 1.76 bits per heavy atom. The van der Waals surface area contributed by atoms with Crippen LogP contribution in [0.1, 0.15) is 43.1 Å². The Morgan fingerprint density at radius 3 is 3.18 bits per heavy atom. The third kappa shape index (κ3) is 2.63. The van der Waals surface area contributed by atoms with Gasteiger partial charge in [-0.2, -0.15) is 15.4 Å². The largest absolute Gasteiger partial charge is 0.394 e. The molecule has 6 nitrogen and oxygen atoms in total. The highest BCUT2D eigenvalue weighted by Gasteiger charge is 2.36. The maximum absolute atomic E-state index is 11.9. The molecule has 0 spiro atoms. The molecule has 1 saturated carbocycles. The average molecular weight is 238 g/mol. The highest BCUT2D eigenvalue weighted by molar-refractivity contribution is 5.92. The molecule has 1 heterocycles. The zero-order valence-electron chi connectivity index (χ0n) is 9.94. The van der Waals surface area contributed by atoms with Crippen LogP contribution in [0.5, 0.6) is 0 Å². The van der Waals surface area contributed by atoms with Gasteiger partial charge in [0.1, 0.15) is 0 Å². The minimum Gasteiger partial charge on any atom is -0.394 e. The van der Waals surface area contributed by atoms with Gasteiger partial charge in [0, 0.05) is 0 Å². The van der Waals surface area contributed by atoms with Crippen LogP contribution in [0.4, 0.5) is 0 Å². The maximum atomic E-state index is 11.9. The number of hydrogen-bond donors (Lipinski definition) is 3. The Morgan fingerprint density at radius 2 is 2.59 bits per heavy atom. The number of nitrogens with one attached hydrogen (secondary N) is 2. The number of carbonyl (C=O) groups is 1. The minimum absolute atomic E-state index is 0.0269. The van der Waals surface area contributed by atoms with E-state index in [2.05, 4.69) is 27.7 Å². The van der Waals surface area contributed by atoms with E-state index in [0.717, 1.165) is 25.7 Å². The summed E-state index contributed by atoms with van der Waals surface area (Å²) in [4.78, 5) is 11.9. The van der Waals surface area contributed by atoms with Crippen LogP contribution in [0.15, 0.2) is 6.20 Å². The number of aliphatic hydroxyl groups excluding tert-OH is 1. The van der Waals surface area contributed by atoms with Crippen LogP contribution < -0.4 is 5.32 Å². The fourth-order valence-corrected chi connectivity index (χ4v) is 2.57. The molecular weight excluding hydrogens is 220 g/mol. The maximum Gasteiger partial charge on any atom is 0.273 e. The van der Waals surface area contributed by atoms with Crippen LogP contribution in [0.25, 0.3) is 0 Å². The lowest BCUT2D eigenvalue weighted by molar-refractivity contribution is 0.0692. The van der Waals surface area contributed by atoms with E-state index >= 15 is 0 Å². The molecule has 94 valence electrons. The summed E-state index contributed by atoms with van der Waals surface area (Å²) in [6.45, 7) is 2.12. The first-order valence-electron chi connectivity index (χ1n) is 5.94. The first-order valence-corrected chi connectivity index (χ1v) is 5.94. The van der Waals surface area contributed by atoms with Crippen molar-refractivity contribution in [2.45, 2.75) is 38.1 Å². The molecular formula is C11H18N4O2. The Bertz CT molecular complexity index is 379. The predicted molar refractivity (Wildman–Crippen MR) is 61.3 cm³/mol. The average Bonchev–Trinajstić information content (AvgIpc) is 2.82. The Balaban J connectivity index is 2.06. The molecule has 0 bridgehead atoms. The lowest BCUT2D eigenvalue weighted by Gasteiger charge is -2.39. The summed E-state index contributed by atoms with van der Waals surface area (Å²) >= 11 is 0. The molecule has 2 rings (SSSR count). The number of nitrogens with zero attached hydrogens (tertiary/aromatic N) is 2. The molecule has 1 fully saturated rings. The van der Waals surface area contributed by atoms with Gasteiger partial charge in [0.05, 0.1) is 18.3 Å². The van der Waals surface area contributed by atoms with Gasteiger partial charge in [0.2, 0.25) is 0 Å². The fourth-order valence-electron chi connectivity index (χ4n) is 2.57. The topological polar surface area (TPSA) is 90.9 Å². The van der Waals surface area contributed by atoms with Gasteiger partial charge in [-0.25, -0.2) is 0 Å². The molecule has 3 N–H and O–H groups in total. The number of aliphatic hydroxyl groups is 1. The molecule has 1 aromatic heterocycles. The van der Waals surface area contributed by atoms with Crippen molar-refractivity contribution in [3.05, 3.63) is 11.9 Å². The van der Waals surface area contributed by atoms with Crippen molar-refractivity contribution < 1.29 is 9.90 Å². The number of carbonyl (C=O) groups excluding carboxylic acids is 1. The molecule has 1 aromatic rings. The van der Waals surface area contributed by atoms with Gasteiger partial charge in [-0.3, -0.25) is 4.79 Å². The molecule has 6 heteroatoms. The van der Waals surface area contributed by atoms with Crippen LogP contribution in [0.3, 0.4) is 0 Å². The van der Waals surface area contributed by atoms with E-state index in [9.17, 15) is 9.90 Å². The minimum atomic E-state index is -0.492. The predicted octanol–water partition coefficient (Wildman–Crippen LogP) is 0.476. The lowest BCUT2D eigenvalue weighted by atomic mass is 9.77. The zero-order chi connectivity index (χ0) is 12.3. The van der Waals surface area contributed by atoms with Crippen molar-refractivity contribution in [2.24, 2.45) is 5.92 Å². The normalized spacial score (nSPS) is 28.9. The van der Waals surface area contributed by atoms with Crippen LogP contribution in [0.2, 0.25) is 0 Å². The van der Waals surface area contributed by atoms with Gasteiger partial charge in [-0.1, -0.05) is 19.8 Å². The van der Waals surface area contributed by atoms with Gasteiger partial charge < -0.3 is 10.4 Å². The van der Waals surface area contributed by atoms with E-state index in [1.807, 2.05) is 0 Å². The Hall–Kier alpha value is -1.43. The second-order valence-corrected chi connectivity index (χ2v) is 4.95. The monoisotopic (exact) mass is 238 g/mol.